The Hall–Kier alpha value is 0.836. The van der Waals surface area contributed by atoms with E-state index in [0.29, 0.717) is 0 Å². The molecule has 0 amide bonds. The van der Waals surface area contributed by atoms with Gasteiger partial charge in [-0.25, -0.2) is 0 Å². The predicted octanol–water partition coefficient (Wildman–Crippen LogP) is -0.620. The van der Waals surface area contributed by atoms with Crippen LogP contribution in [-0.2, 0) is 0 Å². The average molecular weight is 101 g/mol. The summed E-state index contributed by atoms with van der Waals surface area (Å²) in [5, 5.41) is 14.8. The summed E-state index contributed by atoms with van der Waals surface area (Å²) in [6.07, 6.45) is 0. The van der Waals surface area contributed by atoms with Gasteiger partial charge >= 0.3 is 0 Å². The van der Waals surface area contributed by atoms with Crippen LogP contribution in [0.5, 0.6) is 0 Å². The van der Waals surface area contributed by atoms with Gasteiger partial charge in [-0.15, -0.1) is 0 Å². The van der Waals surface area contributed by atoms with Gasteiger partial charge in [0.15, 0.2) is 0 Å². The molecule has 0 rings (SSSR count). The maximum atomic E-state index is 8.25. The van der Waals surface area contributed by atoms with Gasteiger partial charge in [0.1, 0.15) is 0 Å². The monoisotopic (exact) mass is 101 g/mol. The van der Waals surface area contributed by atoms with Gasteiger partial charge in [-0.2, -0.15) is 0 Å². The van der Waals surface area contributed by atoms with E-state index in [9.17, 15) is 0 Å². The topological polar surface area (TPSA) is 66.2 Å². The first-order valence-corrected chi connectivity index (χ1v) is 0.548. The van der Waals surface area contributed by atoms with Gasteiger partial charge in [0.25, 0.3) is 0 Å². The van der Waals surface area contributed by atoms with Crippen LogP contribution in [0, 0.1) is 15.3 Å². The van der Waals surface area contributed by atoms with Crippen LogP contribution < -0.4 is 0 Å². The maximum absolute atomic E-state index is 8.25. The summed E-state index contributed by atoms with van der Waals surface area (Å²) in [7, 11) is 0. The molecule has 5 heavy (non-hydrogen) atoms. The van der Waals surface area contributed by atoms with Crippen LogP contribution in [0.25, 0.3) is 0 Å². The van der Waals surface area contributed by atoms with Gasteiger partial charge in [0.2, 0.25) is 0 Å². The van der Waals surface area contributed by atoms with Crippen LogP contribution >= 0.6 is 0 Å². The van der Waals surface area contributed by atoms with Crippen molar-refractivity contribution in [2.75, 3.05) is 0 Å². The molecule has 0 aliphatic rings. The van der Waals surface area contributed by atoms with Crippen molar-refractivity contribution >= 4 is 51.4 Å². The molecule has 0 atom stereocenters. The smallest absolute Gasteiger partial charge is 0.0689 e. The Labute approximate surface area is 70.7 Å². The van der Waals surface area contributed by atoms with Crippen molar-refractivity contribution in [2.24, 2.45) is 0 Å². The van der Waals surface area contributed by atoms with E-state index in [4.69, 9.17) is 15.3 Å². The minimum absolute atomic E-state index is 0. The Morgan fingerprint density at radius 3 is 1.40 bits per heavy atom. The van der Waals surface area contributed by atoms with Crippen molar-refractivity contribution in [3.8, 4) is 0 Å². The molecule has 0 aliphatic heterocycles. The molecule has 5 heteroatoms. The molecule has 0 fully saturated rings. The molecule has 0 saturated heterocycles. The normalized spacial score (nSPS) is 4.80. The van der Waals surface area contributed by atoms with Crippen molar-refractivity contribution in [1.82, 2.24) is 0 Å². The third kappa shape index (κ3) is 55.6. The van der Waals surface area contributed by atoms with Gasteiger partial charge in [0.05, 0.1) is 5.09 Å². The van der Waals surface area contributed by atoms with Crippen molar-refractivity contribution in [1.29, 1.82) is 0 Å². The molecular formula is KNO3-. The summed E-state index contributed by atoms with van der Waals surface area (Å²) in [6.45, 7) is 0. The summed E-state index contributed by atoms with van der Waals surface area (Å²) in [4.78, 5) is 8.25. The number of hydrogen-bond acceptors (Lipinski definition) is 3. The Bertz CT molecular complexity index is 29.9. The largest absolute Gasteiger partial charge is 0.356 e. The Morgan fingerprint density at radius 1 is 1.40 bits per heavy atom. The molecule has 0 aliphatic carbocycles. The molecule has 0 heterocycles. The predicted molar refractivity (Wildman–Crippen MR) is 16.1 cm³/mol. The molecule has 0 spiro atoms. The quantitative estimate of drug-likeness (QED) is 0.232. The van der Waals surface area contributed by atoms with Crippen LogP contribution in [0.4, 0.5) is 0 Å². The van der Waals surface area contributed by atoms with Gasteiger partial charge in [-0.1, -0.05) is 0 Å². The van der Waals surface area contributed by atoms with E-state index in [1.807, 2.05) is 0 Å². The van der Waals surface area contributed by atoms with Crippen LogP contribution in [0.15, 0.2) is 0 Å². The number of nitrogens with zero attached hydrogens (tertiary/aromatic N) is 1. The Balaban J connectivity index is 0. The van der Waals surface area contributed by atoms with Crippen LogP contribution in [-0.4, -0.2) is 56.5 Å². The van der Waals surface area contributed by atoms with Crippen molar-refractivity contribution < 1.29 is 5.09 Å². The van der Waals surface area contributed by atoms with Crippen LogP contribution in [0.2, 0.25) is 0 Å². The first-order valence-electron chi connectivity index (χ1n) is 0.548. The van der Waals surface area contributed by atoms with Crippen molar-refractivity contribution in [3.05, 3.63) is 15.3 Å². The van der Waals surface area contributed by atoms with Gasteiger partial charge in [0, 0.05) is 51.4 Å². The molecule has 0 N–H and O–H groups in total. The third-order valence-electron chi connectivity index (χ3n) is 0. The summed E-state index contributed by atoms with van der Waals surface area (Å²) < 4.78 is 0. The summed E-state index contributed by atoms with van der Waals surface area (Å²) in [6, 6.07) is 0. The molecule has 25 valence electrons. The number of rotatable bonds is 0. The minimum atomic E-state index is -1.75. The Morgan fingerprint density at radius 2 is 1.40 bits per heavy atom. The molecule has 0 unspecified atom stereocenters. The van der Waals surface area contributed by atoms with Gasteiger partial charge in [-0.3, -0.25) is 0 Å². The number of hydrogen-bond donors (Lipinski definition) is 0. The van der Waals surface area contributed by atoms with Gasteiger partial charge in [-0.05, 0) is 0 Å². The molecule has 0 aromatic heterocycles. The fraction of sp³-hybridized carbons (Fsp3) is 0. The second kappa shape index (κ2) is 4.84. The summed E-state index contributed by atoms with van der Waals surface area (Å²) in [5.74, 6) is 0. The van der Waals surface area contributed by atoms with Crippen molar-refractivity contribution in [3.63, 3.8) is 0 Å². The van der Waals surface area contributed by atoms with E-state index in [1.54, 1.807) is 0 Å². The molecule has 0 aromatic carbocycles. The zero-order valence-corrected chi connectivity index (χ0v) is 5.80. The Kier molecular flexibility index (Phi) is 8.97. The summed E-state index contributed by atoms with van der Waals surface area (Å²) in [5.41, 5.74) is 0. The van der Waals surface area contributed by atoms with Crippen molar-refractivity contribution in [2.45, 2.75) is 0 Å². The van der Waals surface area contributed by atoms with E-state index < -0.39 is 5.09 Å². The molecular weight excluding hydrogens is 101 g/mol. The van der Waals surface area contributed by atoms with E-state index in [-0.39, 0.29) is 51.4 Å². The van der Waals surface area contributed by atoms with Crippen LogP contribution in [0.1, 0.15) is 0 Å². The second-order valence-electron chi connectivity index (χ2n) is 0.224. The first kappa shape index (κ1) is 9.28. The standard InChI is InChI=1S/K.NO3/c;2-1(3)4/q;-1. The molecule has 0 saturated carbocycles. The van der Waals surface area contributed by atoms with E-state index >= 15 is 0 Å². The zero-order valence-electron chi connectivity index (χ0n) is 2.67. The zero-order chi connectivity index (χ0) is 3.58. The first-order chi connectivity index (χ1) is 1.73. The molecule has 0 bridgehead atoms. The fourth-order valence-corrected chi connectivity index (χ4v) is 0. The third-order valence-corrected chi connectivity index (χ3v) is 0. The van der Waals surface area contributed by atoms with E-state index in [1.165, 1.54) is 0 Å². The second-order valence-corrected chi connectivity index (χ2v) is 0.224. The summed E-state index contributed by atoms with van der Waals surface area (Å²) >= 11 is 0. The fourth-order valence-electron chi connectivity index (χ4n) is 0. The van der Waals surface area contributed by atoms with E-state index in [2.05, 4.69) is 0 Å². The van der Waals surface area contributed by atoms with Gasteiger partial charge < -0.3 is 15.3 Å². The minimum Gasteiger partial charge on any atom is -0.356 e. The SMILES string of the molecule is O=[N+]([O-])[O-].[K]. The molecule has 4 nitrogen and oxygen atoms in total. The molecule has 0 aromatic rings. The molecule has 1 radical (unpaired) electrons. The average Bonchev–Trinajstić information content (AvgIpc) is 0.811. The van der Waals surface area contributed by atoms with Crippen LogP contribution in [0.3, 0.4) is 0 Å². The maximum Gasteiger partial charge on any atom is 0.0689 e. The van der Waals surface area contributed by atoms with E-state index in [0.717, 1.165) is 0 Å².